The summed E-state index contributed by atoms with van der Waals surface area (Å²) in [6, 6.07) is 9.19. The molecule has 2 fully saturated rings. The molecular weight excluding hydrogens is 288 g/mol. The Bertz CT molecular complexity index is 532. The summed E-state index contributed by atoms with van der Waals surface area (Å²) in [5, 5.41) is 0. The molecular formula is C19H28N2O2. The number of likely N-dealkylation sites (tertiary alicyclic amines) is 1. The Morgan fingerprint density at radius 1 is 1.17 bits per heavy atom. The first-order valence-corrected chi connectivity index (χ1v) is 8.82. The van der Waals surface area contributed by atoms with Crippen molar-refractivity contribution in [1.82, 2.24) is 9.80 Å². The largest absolute Gasteiger partial charge is 0.378 e. The van der Waals surface area contributed by atoms with Gasteiger partial charge in [-0.25, -0.2) is 0 Å². The third-order valence-corrected chi connectivity index (χ3v) is 5.27. The summed E-state index contributed by atoms with van der Waals surface area (Å²) in [5.41, 5.74) is 2.69. The molecule has 0 bridgehead atoms. The van der Waals surface area contributed by atoms with Crippen molar-refractivity contribution < 1.29 is 9.53 Å². The van der Waals surface area contributed by atoms with E-state index >= 15 is 0 Å². The van der Waals surface area contributed by atoms with E-state index in [4.69, 9.17) is 4.74 Å². The van der Waals surface area contributed by atoms with E-state index in [1.54, 1.807) is 0 Å². The SMILES string of the molecule is Cc1cccc(C(C)N2CCC(C(=O)N3CCOCC3)CC2)c1. The van der Waals surface area contributed by atoms with Gasteiger partial charge in [-0.15, -0.1) is 0 Å². The minimum atomic E-state index is 0.203. The summed E-state index contributed by atoms with van der Waals surface area (Å²) in [6.07, 6.45) is 1.96. The van der Waals surface area contributed by atoms with E-state index in [1.807, 2.05) is 4.90 Å². The maximum Gasteiger partial charge on any atom is 0.225 e. The van der Waals surface area contributed by atoms with Crippen molar-refractivity contribution in [3.05, 3.63) is 35.4 Å². The summed E-state index contributed by atoms with van der Waals surface area (Å²) in [6.45, 7) is 9.34. The van der Waals surface area contributed by atoms with Gasteiger partial charge in [0.05, 0.1) is 13.2 Å². The fourth-order valence-electron chi connectivity index (χ4n) is 3.72. The number of ether oxygens (including phenoxy) is 1. The first-order valence-electron chi connectivity index (χ1n) is 8.82. The van der Waals surface area contributed by atoms with Crippen LogP contribution in [-0.2, 0) is 9.53 Å². The van der Waals surface area contributed by atoms with E-state index < -0.39 is 0 Å². The van der Waals surface area contributed by atoms with Gasteiger partial charge < -0.3 is 9.64 Å². The van der Waals surface area contributed by atoms with Crippen LogP contribution >= 0.6 is 0 Å². The Labute approximate surface area is 139 Å². The first kappa shape index (κ1) is 16.5. The van der Waals surface area contributed by atoms with Crippen LogP contribution in [0.2, 0.25) is 0 Å². The van der Waals surface area contributed by atoms with Gasteiger partial charge in [-0.1, -0.05) is 29.8 Å². The van der Waals surface area contributed by atoms with Crippen LogP contribution in [0.25, 0.3) is 0 Å². The monoisotopic (exact) mass is 316 g/mol. The Hall–Kier alpha value is -1.39. The molecule has 2 heterocycles. The lowest BCUT2D eigenvalue weighted by atomic mass is 9.93. The minimum absolute atomic E-state index is 0.203. The van der Waals surface area contributed by atoms with Gasteiger partial charge in [-0.2, -0.15) is 0 Å². The molecule has 4 heteroatoms. The van der Waals surface area contributed by atoms with E-state index in [1.165, 1.54) is 11.1 Å². The number of aryl methyl sites for hydroxylation is 1. The zero-order valence-electron chi connectivity index (χ0n) is 14.3. The molecule has 1 amide bonds. The third-order valence-electron chi connectivity index (χ3n) is 5.27. The van der Waals surface area contributed by atoms with Gasteiger partial charge >= 0.3 is 0 Å². The van der Waals surface area contributed by atoms with Crippen molar-refractivity contribution in [2.24, 2.45) is 5.92 Å². The van der Waals surface area contributed by atoms with E-state index in [-0.39, 0.29) is 5.92 Å². The molecule has 0 aromatic heterocycles. The van der Waals surface area contributed by atoms with Crippen molar-refractivity contribution in [3.8, 4) is 0 Å². The quantitative estimate of drug-likeness (QED) is 0.859. The topological polar surface area (TPSA) is 32.8 Å². The summed E-state index contributed by atoms with van der Waals surface area (Å²) >= 11 is 0. The molecule has 3 rings (SSSR count). The lowest BCUT2D eigenvalue weighted by Crippen LogP contribution is -2.47. The molecule has 1 aromatic carbocycles. The average molecular weight is 316 g/mol. The van der Waals surface area contributed by atoms with Crippen LogP contribution in [0.4, 0.5) is 0 Å². The first-order chi connectivity index (χ1) is 11.1. The highest BCUT2D eigenvalue weighted by Gasteiger charge is 2.30. The Kier molecular flexibility index (Phi) is 5.34. The van der Waals surface area contributed by atoms with Gasteiger partial charge in [-0.05, 0) is 45.3 Å². The standard InChI is InChI=1S/C19H28N2O2/c1-15-4-3-5-18(14-15)16(2)20-8-6-17(7-9-20)19(22)21-10-12-23-13-11-21/h3-5,14,16-17H,6-13H2,1-2H3. The molecule has 4 nitrogen and oxygen atoms in total. The second-order valence-electron chi connectivity index (χ2n) is 6.84. The smallest absolute Gasteiger partial charge is 0.225 e. The van der Waals surface area contributed by atoms with Crippen LogP contribution in [0.15, 0.2) is 24.3 Å². The second kappa shape index (κ2) is 7.45. The predicted molar refractivity (Wildman–Crippen MR) is 91.3 cm³/mol. The van der Waals surface area contributed by atoms with Crippen LogP contribution in [0, 0.1) is 12.8 Å². The molecule has 2 aliphatic rings. The highest BCUT2D eigenvalue weighted by atomic mass is 16.5. The van der Waals surface area contributed by atoms with Crippen LogP contribution in [-0.4, -0.2) is 55.1 Å². The van der Waals surface area contributed by atoms with Crippen LogP contribution < -0.4 is 0 Å². The Morgan fingerprint density at radius 3 is 2.52 bits per heavy atom. The number of hydrogen-bond donors (Lipinski definition) is 0. The Balaban J connectivity index is 1.54. The number of carbonyl (C=O) groups is 1. The number of hydrogen-bond acceptors (Lipinski definition) is 3. The molecule has 1 atom stereocenters. The Morgan fingerprint density at radius 2 is 1.87 bits per heavy atom. The molecule has 0 aliphatic carbocycles. The average Bonchev–Trinajstić information content (AvgIpc) is 2.61. The lowest BCUT2D eigenvalue weighted by molar-refractivity contribution is -0.141. The molecule has 1 aromatic rings. The fourth-order valence-corrected chi connectivity index (χ4v) is 3.72. The minimum Gasteiger partial charge on any atom is -0.378 e. The normalized spacial score (nSPS) is 22.1. The number of morpholine rings is 1. The van der Waals surface area contributed by atoms with Gasteiger partial charge in [0.15, 0.2) is 0 Å². The van der Waals surface area contributed by atoms with Gasteiger partial charge in [0.25, 0.3) is 0 Å². The van der Waals surface area contributed by atoms with Crippen molar-refractivity contribution in [2.75, 3.05) is 39.4 Å². The van der Waals surface area contributed by atoms with E-state index in [0.29, 0.717) is 25.2 Å². The van der Waals surface area contributed by atoms with Crippen LogP contribution in [0.3, 0.4) is 0 Å². The molecule has 1 unspecified atom stereocenters. The third kappa shape index (κ3) is 3.93. The molecule has 0 saturated carbocycles. The number of piperidine rings is 1. The number of carbonyl (C=O) groups excluding carboxylic acids is 1. The number of benzene rings is 1. The zero-order valence-corrected chi connectivity index (χ0v) is 14.3. The molecule has 0 N–H and O–H groups in total. The van der Waals surface area contributed by atoms with Crippen molar-refractivity contribution in [3.63, 3.8) is 0 Å². The van der Waals surface area contributed by atoms with Crippen LogP contribution in [0.5, 0.6) is 0 Å². The van der Waals surface area contributed by atoms with E-state index in [2.05, 4.69) is 43.0 Å². The maximum absolute atomic E-state index is 12.6. The fraction of sp³-hybridized carbons (Fsp3) is 0.632. The summed E-state index contributed by atoms with van der Waals surface area (Å²) in [5.74, 6) is 0.546. The van der Waals surface area contributed by atoms with Gasteiger partial charge in [0.2, 0.25) is 5.91 Å². The number of rotatable bonds is 3. The molecule has 0 spiro atoms. The summed E-state index contributed by atoms with van der Waals surface area (Å²) in [4.78, 5) is 17.1. The highest BCUT2D eigenvalue weighted by Crippen LogP contribution is 2.28. The lowest BCUT2D eigenvalue weighted by Gasteiger charge is -2.38. The maximum atomic E-state index is 12.6. The van der Waals surface area contributed by atoms with Crippen molar-refractivity contribution in [2.45, 2.75) is 32.7 Å². The molecule has 0 radical (unpaired) electrons. The molecule has 2 aliphatic heterocycles. The second-order valence-corrected chi connectivity index (χ2v) is 6.84. The van der Waals surface area contributed by atoms with Crippen LogP contribution in [0.1, 0.15) is 36.9 Å². The molecule has 126 valence electrons. The summed E-state index contributed by atoms with van der Waals surface area (Å²) < 4.78 is 5.34. The van der Waals surface area contributed by atoms with Gasteiger partial charge in [0, 0.05) is 25.0 Å². The van der Waals surface area contributed by atoms with E-state index in [0.717, 1.165) is 39.0 Å². The molecule has 23 heavy (non-hydrogen) atoms. The van der Waals surface area contributed by atoms with Gasteiger partial charge in [-0.3, -0.25) is 9.69 Å². The summed E-state index contributed by atoms with van der Waals surface area (Å²) in [7, 11) is 0. The van der Waals surface area contributed by atoms with Gasteiger partial charge in [0.1, 0.15) is 0 Å². The van der Waals surface area contributed by atoms with E-state index in [9.17, 15) is 4.79 Å². The highest BCUT2D eigenvalue weighted by molar-refractivity contribution is 5.79. The predicted octanol–water partition coefficient (Wildman–Crippen LogP) is 2.63. The number of amides is 1. The zero-order chi connectivity index (χ0) is 16.2. The van der Waals surface area contributed by atoms with Crippen molar-refractivity contribution in [1.29, 1.82) is 0 Å². The number of nitrogens with zero attached hydrogens (tertiary/aromatic N) is 2. The van der Waals surface area contributed by atoms with Crippen molar-refractivity contribution >= 4 is 5.91 Å². The molecule has 2 saturated heterocycles.